The summed E-state index contributed by atoms with van der Waals surface area (Å²) in [5, 5.41) is 0. The molecule has 4 atom stereocenters. The van der Waals surface area contributed by atoms with Crippen molar-refractivity contribution in [3.8, 4) is 0 Å². The van der Waals surface area contributed by atoms with Gasteiger partial charge in [-0.05, 0) is 51.2 Å². The standard InChI is InChI=1S/C29H58O4Si2/c1-4-5-6-7-8-9-10-11-12-13-14-15-16-17-22-28(26-34-24-19-18-23-31-34)29(30)33-35(3)25-20-21-27(2)32-35/h27-28,34H,4-26H2,1-3H3. The lowest BCUT2D eigenvalue weighted by atomic mass is 10.0. The SMILES string of the molecule is CCCCCCCCCCCCCCCCC(C[SiH]1CCCCO1)C(=O)O[Si]1(C)CCCC(C)O1. The van der Waals surface area contributed by atoms with Gasteiger partial charge in [0.15, 0.2) is 9.04 Å². The largest absolute Gasteiger partial charge is 0.494 e. The number of carbonyl (C=O) groups excluding carboxylic acids is 1. The second-order valence-corrected chi connectivity index (χ2v) is 17.5. The summed E-state index contributed by atoms with van der Waals surface area (Å²) in [6.07, 6.45) is 25.0. The van der Waals surface area contributed by atoms with Gasteiger partial charge in [-0.15, -0.1) is 0 Å². The first-order valence-electron chi connectivity index (χ1n) is 15.5. The fourth-order valence-corrected chi connectivity index (χ4v) is 11.4. The molecule has 0 aromatic carbocycles. The van der Waals surface area contributed by atoms with Crippen LogP contribution in [0.15, 0.2) is 0 Å². The predicted molar refractivity (Wildman–Crippen MR) is 153 cm³/mol. The molecule has 2 fully saturated rings. The highest BCUT2D eigenvalue weighted by Gasteiger charge is 2.41. The Morgan fingerprint density at radius 1 is 0.914 bits per heavy atom. The zero-order valence-corrected chi connectivity index (χ0v) is 25.8. The average molecular weight is 527 g/mol. The van der Waals surface area contributed by atoms with Crippen molar-refractivity contribution in [2.75, 3.05) is 6.61 Å². The first-order valence-corrected chi connectivity index (χ1v) is 20.2. The van der Waals surface area contributed by atoms with Crippen molar-refractivity contribution >= 4 is 23.6 Å². The second kappa shape index (κ2) is 19.0. The fourth-order valence-electron chi connectivity index (χ4n) is 5.85. The van der Waals surface area contributed by atoms with Gasteiger partial charge >= 0.3 is 8.56 Å². The Morgan fingerprint density at radius 3 is 2.06 bits per heavy atom. The summed E-state index contributed by atoms with van der Waals surface area (Å²) in [4.78, 5) is 13.3. The Hall–Kier alpha value is -0.176. The number of carbonyl (C=O) groups is 1. The second-order valence-electron chi connectivity index (χ2n) is 11.7. The van der Waals surface area contributed by atoms with Gasteiger partial charge in [0.2, 0.25) is 0 Å². The Morgan fingerprint density at radius 2 is 1.51 bits per heavy atom. The van der Waals surface area contributed by atoms with E-state index in [2.05, 4.69) is 20.4 Å². The Labute approximate surface area is 220 Å². The topological polar surface area (TPSA) is 44.8 Å². The van der Waals surface area contributed by atoms with Crippen molar-refractivity contribution < 1.29 is 18.1 Å². The molecule has 2 saturated heterocycles. The molecule has 0 aromatic heterocycles. The summed E-state index contributed by atoms with van der Waals surface area (Å²) < 4.78 is 18.5. The first-order chi connectivity index (χ1) is 17.0. The molecule has 2 aliphatic rings. The maximum Gasteiger partial charge on any atom is 0.398 e. The normalized spacial score (nSPS) is 25.9. The van der Waals surface area contributed by atoms with Crippen LogP contribution in [0.5, 0.6) is 0 Å². The molecule has 0 spiro atoms. The van der Waals surface area contributed by atoms with E-state index >= 15 is 0 Å². The van der Waals surface area contributed by atoms with E-state index in [0.717, 1.165) is 44.4 Å². The van der Waals surface area contributed by atoms with Crippen LogP contribution in [0, 0.1) is 5.92 Å². The zero-order valence-electron chi connectivity index (χ0n) is 23.6. The summed E-state index contributed by atoms with van der Waals surface area (Å²) in [6, 6.07) is 3.15. The molecule has 2 aliphatic heterocycles. The van der Waals surface area contributed by atoms with E-state index in [0.29, 0.717) is 0 Å². The van der Waals surface area contributed by atoms with Gasteiger partial charge in [0.05, 0.1) is 5.92 Å². The maximum absolute atomic E-state index is 13.3. The highest BCUT2D eigenvalue weighted by atomic mass is 28.4. The van der Waals surface area contributed by atoms with Crippen molar-refractivity contribution in [3.05, 3.63) is 0 Å². The third-order valence-electron chi connectivity index (χ3n) is 8.07. The molecule has 0 amide bonds. The van der Waals surface area contributed by atoms with Gasteiger partial charge in [0, 0.05) is 18.8 Å². The van der Waals surface area contributed by atoms with Crippen molar-refractivity contribution in [2.45, 2.75) is 167 Å². The molecule has 206 valence electrons. The highest BCUT2D eigenvalue weighted by Crippen LogP contribution is 2.30. The molecule has 0 radical (unpaired) electrons. The number of hydrogen-bond acceptors (Lipinski definition) is 4. The summed E-state index contributed by atoms with van der Waals surface area (Å²) in [6.45, 7) is 7.41. The van der Waals surface area contributed by atoms with E-state index in [1.54, 1.807) is 0 Å². The molecule has 6 heteroatoms. The molecular formula is C29H58O4Si2. The van der Waals surface area contributed by atoms with Crippen LogP contribution >= 0.6 is 0 Å². The number of rotatable bonds is 19. The first kappa shape index (κ1) is 31.0. The van der Waals surface area contributed by atoms with Crippen molar-refractivity contribution in [2.24, 2.45) is 5.92 Å². The highest BCUT2D eigenvalue weighted by molar-refractivity contribution is 6.67. The summed E-state index contributed by atoms with van der Waals surface area (Å²) in [5.74, 6) is 0.0666. The molecule has 0 bridgehead atoms. The lowest BCUT2D eigenvalue weighted by Crippen LogP contribution is -2.47. The smallest absolute Gasteiger partial charge is 0.398 e. The van der Waals surface area contributed by atoms with Crippen molar-refractivity contribution in [3.63, 3.8) is 0 Å². The van der Waals surface area contributed by atoms with E-state index in [9.17, 15) is 4.79 Å². The van der Waals surface area contributed by atoms with E-state index in [4.69, 9.17) is 13.3 Å². The molecule has 0 N–H and O–H groups in total. The fraction of sp³-hybridized carbons (Fsp3) is 0.966. The molecule has 0 aromatic rings. The van der Waals surface area contributed by atoms with Crippen LogP contribution in [0.4, 0.5) is 0 Å². The van der Waals surface area contributed by atoms with Gasteiger partial charge < -0.3 is 13.3 Å². The van der Waals surface area contributed by atoms with Crippen LogP contribution in [0.25, 0.3) is 0 Å². The molecular weight excluding hydrogens is 468 g/mol. The third-order valence-corrected chi connectivity index (χ3v) is 13.7. The van der Waals surface area contributed by atoms with Crippen LogP contribution in [0.2, 0.25) is 24.7 Å². The van der Waals surface area contributed by atoms with E-state index < -0.39 is 17.6 Å². The van der Waals surface area contributed by atoms with Gasteiger partial charge in [0.25, 0.3) is 5.97 Å². The molecule has 2 rings (SSSR count). The Balaban J connectivity index is 1.60. The molecule has 4 nitrogen and oxygen atoms in total. The predicted octanol–water partition coefficient (Wildman–Crippen LogP) is 8.82. The van der Waals surface area contributed by atoms with Crippen LogP contribution in [0.3, 0.4) is 0 Å². The summed E-state index contributed by atoms with van der Waals surface area (Å²) in [7, 11) is -3.61. The molecule has 4 unspecified atom stereocenters. The van der Waals surface area contributed by atoms with Crippen molar-refractivity contribution in [1.29, 1.82) is 0 Å². The van der Waals surface area contributed by atoms with Crippen LogP contribution in [-0.2, 0) is 18.1 Å². The number of hydrogen-bond donors (Lipinski definition) is 0. The lowest BCUT2D eigenvalue weighted by molar-refractivity contribution is -0.141. The molecule has 35 heavy (non-hydrogen) atoms. The maximum atomic E-state index is 13.3. The Bertz CT molecular complexity index is 541. The van der Waals surface area contributed by atoms with Gasteiger partial charge in [0.1, 0.15) is 0 Å². The van der Waals surface area contributed by atoms with Crippen molar-refractivity contribution in [1.82, 2.24) is 0 Å². The monoisotopic (exact) mass is 526 g/mol. The van der Waals surface area contributed by atoms with Gasteiger partial charge in [-0.3, -0.25) is 4.79 Å². The van der Waals surface area contributed by atoms with Gasteiger partial charge in [-0.25, -0.2) is 0 Å². The van der Waals surface area contributed by atoms with Gasteiger partial charge in [-0.1, -0.05) is 103 Å². The van der Waals surface area contributed by atoms with E-state index in [-0.39, 0.29) is 18.0 Å². The minimum absolute atomic E-state index is 0.0321. The average Bonchev–Trinajstić information content (AvgIpc) is 2.83. The third kappa shape index (κ3) is 14.4. The minimum atomic E-state index is -2.35. The summed E-state index contributed by atoms with van der Waals surface area (Å²) in [5.41, 5.74) is 0. The summed E-state index contributed by atoms with van der Waals surface area (Å²) >= 11 is 0. The minimum Gasteiger partial charge on any atom is -0.494 e. The van der Waals surface area contributed by atoms with Gasteiger partial charge in [-0.2, -0.15) is 0 Å². The molecule has 0 saturated carbocycles. The molecule has 2 heterocycles. The van der Waals surface area contributed by atoms with Crippen LogP contribution in [-0.4, -0.2) is 36.3 Å². The van der Waals surface area contributed by atoms with E-state index in [1.165, 1.54) is 102 Å². The number of unbranched alkanes of at least 4 members (excludes halogenated alkanes) is 13. The van der Waals surface area contributed by atoms with Crippen LogP contribution in [0.1, 0.15) is 136 Å². The lowest BCUT2D eigenvalue weighted by Gasteiger charge is -2.35. The molecule has 0 aliphatic carbocycles. The quantitative estimate of drug-likeness (QED) is 0.125. The van der Waals surface area contributed by atoms with E-state index in [1.807, 2.05) is 0 Å². The van der Waals surface area contributed by atoms with Crippen LogP contribution < -0.4 is 0 Å². The Kier molecular flexibility index (Phi) is 16.8. The zero-order chi connectivity index (χ0) is 25.2.